The predicted octanol–water partition coefficient (Wildman–Crippen LogP) is 2.73. The molecule has 8 heteroatoms. The molecule has 0 bridgehead atoms. The third-order valence-electron chi connectivity index (χ3n) is 5.14. The molecule has 1 aliphatic heterocycles. The zero-order valence-electron chi connectivity index (χ0n) is 17.1. The van der Waals surface area contributed by atoms with E-state index in [2.05, 4.69) is 16.7 Å². The third-order valence-corrected chi connectivity index (χ3v) is 6.16. The van der Waals surface area contributed by atoms with Crippen molar-refractivity contribution in [2.24, 2.45) is 5.92 Å². The number of carbonyl (C=O) groups excluding carboxylic acids is 3. The fraction of sp³-hybridized carbons (Fsp3) is 0.409. The van der Waals surface area contributed by atoms with Gasteiger partial charge in [-0.05, 0) is 53.6 Å². The largest absolute Gasteiger partial charge is 0.354 e. The van der Waals surface area contributed by atoms with Crippen molar-refractivity contribution >= 4 is 29.1 Å². The van der Waals surface area contributed by atoms with Crippen LogP contribution in [0.2, 0.25) is 0 Å². The number of nitrogens with one attached hydrogen (secondary N) is 2. The number of hydrogen-bond acceptors (Lipinski definition) is 4. The van der Waals surface area contributed by atoms with Gasteiger partial charge in [-0.15, -0.1) is 11.3 Å². The fourth-order valence-corrected chi connectivity index (χ4v) is 4.27. The van der Waals surface area contributed by atoms with Gasteiger partial charge in [0.15, 0.2) is 0 Å². The molecule has 6 nitrogen and oxygen atoms in total. The number of amides is 3. The highest BCUT2D eigenvalue weighted by Crippen LogP contribution is 2.24. The van der Waals surface area contributed by atoms with E-state index in [4.69, 9.17) is 0 Å². The van der Waals surface area contributed by atoms with Crippen LogP contribution in [0.4, 0.5) is 4.39 Å². The number of benzene rings is 1. The minimum atomic E-state index is -0.749. The standard InChI is InChI=1S/C22H26FN3O3S/c1-14(2)20(25-21(28)15-3-5-17(23)6-4-15)22(29)24-10-7-19(27)26-11-8-18-16(13-26)9-12-30-18/h3-6,9,12,14,20H,7-8,10-11,13H2,1-2H3,(H,24,29)(H,25,28). The molecule has 160 valence electrons. The Morgan fingerprint density at radius 3 is 2.60 bits per heavy atom. The van der Waals surface area contributed by atoms with Crippen LogP contribution in [0.25, 0.3) is 0 Å². The molecule has 1 aromatic heterocycles. The van der Waals surface area contributed by atoms with E-state index in [0.717, 1.165) is 6.42 Å². The van der Waals surface area contributed by atoms with Crippen molar-refractivity contribution in [1.29, 1.82) is 0 Å². The van der Waals surface area contributed by atoms with Gasteiger partial charge in [0.1, 0.15) is 11.9 Å². The van der Waals surface area contributed by atoms with Crippen LogP contribution < -0.4 is 10.6 Å². The van der Waals surface area contributed by atoms with Gasteiger partial charge in [0, 0.05) is 36.5 Å². The van der Waals surface area contributed by atoms with E-state index in [1.165, 1.54) is 34.7 Å². The zero-order chi connectivity index (χ0) is 21.7. The first-order valence-corrected chi connectivity index (χ1v) is 10.9. The molecular weight excluding hydrogens is 405 g/mol. The maximum atomic E-state index is 13.0. The van der Waals surface area contributed by atoms with Crippen LogP contribution in [0.3, 0.4) is 0 Å². The van der Waals surface area contributed by atoms with E-state index < -0.39 is 17.8 Å². The van der Waals surface area contributed by atoms with E-state index in [1.54, 1.807) is 11.3 Å². The lowest BCUT2D eigenvalue weighted by Gasteiger charge is -2.27. The van der Waals surface area contributed by atoms with Gasteiger partial charge in [-0.3, -0.25) is 14.4 Å². The van der Waals surface area contributed by atoms with E-state index >= 15 is 0 Å². The smallest absolute Gasteiger partial charge is 0.251 e. The number of fused-ring (bicyclic) bond motifs is 1. The van der Waals surface area contributed by atoms with E-state index in [9.17, 15) is 18.8 Å². The Bertz CT molecular complexity index is 911. The molecule has 0 radical (unpaired) electrons. The Hall–Kier alpha value is -2.74. The summed E-state index contributed by atoms with van der Waals surface area (Å²) < 4.78 is 13.0. The number of carbonyl (C=O) groups is 3. The van der Waals surface area contributed by atoms with Crippen molar-refractivity contribution in [2.75, 3.05) is 13.1 Å². The molecule has 2 heterocycles. The van der Waals surface area contributed by atoms with Crippen LogP contribution >= 0.6 is 11.3 Å². The molecule has 3 rings (SSSR count). The van der Waals surface area contributed by atoms with Crippen LogP contribution in [-0.4, -0.2) is 41.8 Å². The number of hydrogen-bond donors (Lipinski definition) is 2. The van der Waals surface area contributed by atoms with Crippen molar-refractivity contribution in [3.05, 3.63) is 57.5 Å². The topological polar surface area (TPSA) is 78.5 Å². The molecule has 0 saturated carbocycles. The van der Waals surface area contributed by atoms with Gasteiger partial charge in [0.05, 0.1) is 0 Å². The predicted molar refractivity (Wildman–Crippen MR) is 114 cm³/mol. The minimum absolute atomic E-state index is 0.00333. The van der Waals surface area contributed by atoms with Gasteiger partial charge in [-0.1, -0.05) is 13.8 Å². The second kappa shape index (κ2) is 9.84. The summed E-state index contributed by atoms with van der Waals surface area (Å²) in [5.74, 6) is -1.36. The summed E-state index contributed by atoms with van der Waals surface area (Å²) in [7, 11) is 0. The minimum Gasteiger partial charge on any atom is -0.354 e. The Balaban J connectivity index is 1.48. The maximum absolute atomic E-state index is 13.0. The van der Waals surface area contributed by atoms with Crippen LogP contribution in [0.1, 0.15) is 41.1 Å². The van der Waals surface area contributed by atoms with Crippen molar-refractivity contribution < 1.29 is 18.8 Å². The maximum Gasteiger partial charge on any atom is 0.251 e. The second-order valence-corrected chi connectivity index (χ2v) is 8.68. The lowest BCUT2D eigenvalue weighted by Crippen LogP contribution is -2.50. The average Bonchev–Trinajstić information content (AvgIpc) is 3.19. The Kier molecular flexibility index (Phi) is 7.20. The molecule has 1 unspecified atom stereocenters. The van der Waals surface area contributed by atoms with Gasteiger partial charge in [0.25, 0.3) is 5.91 Å². The molecule has 1 aromatic carbocycles. The summed E-state index contributed by atoms with van der Waals surface area (Å²) in [6.45, 7) is 5.18. The summed E-state index contributed by atoms with van der Waals surface area (Å²) in [4.78, 5) is 40.6. The number of thiophene rings is 1. The first kappa shape index (κ1) is 22.0. The molecule has 3 amide bonds. The summed E-state index contributed by atoms with van der Waals surface area (Å²) in [5, 5.41) is 7.50. The average molecular weight is 432 g/mol. The van der Waals surface area contributed by atoms with Crippen molar-refractivity contribution in [3.63, 3.8) is 0 Å². The highest BCUT2D eigenvalue weighted by Gasteiger charge is 2.25. The zero-order valence-corrected chi connectivity index (χ0v) is 17.9. The first-order chi connectivity index (χ1) is 14.3. The molecule has 0 fully saturated rings. The number of nitrogens with zero attached hydrogens (tertiary/aromatic N) is 1. The third kappa shape index (κ3) is 5.44. The van der Waals surface area contributed by atoms with E-state index in [0.29, 0.717) is 13.1 Å². The molecule has 1 atom stereocenters. The summed E-state index contributed by atoms with van der Waals surface area (Å²) in [6, 6.07) is 6.45. The van der Waals surface area contributed by atoms with E-state index in [1.807, 2.05) is 24.1 Å². The summed E-state index contributed by atoms with van der Waals surface area (Å²) in [5.41, 5.74) is 1.48. The van der Waals surface area contributed by atoms with E-state index in [-0.39, 0.29) is 36.3 Å². The van der Waals surface area contributed by atoms with Gasteiger partial charge < -0.3 is 15.5 Å². The van der Waals surface area contributed by atoms with Gasteiger partial charge >= 0.3 is 0 Å². The molecule has 2 aromatic rings. The highest BCUT2D eigenvalue weighted by molar-refractivity contribution is 7.10. The Morgan fingerprint density at radius 1 is 1.17 bits per heavy atom. The second-order valence-electron chi connectivity index (χ2n) is 7.68. The van der Waals surface area contributed by atoms with Crippen molar-refractivity contribution in [1.82, 2.24) is 15.5 Å². The summed E-state index contributed by atoms with van der Waals surface area (Å²) in [6.07, 6.45) is 1.08. The molecule has 1 aliphatic rings. The van der Waals surface area contributed by atoms with Crippen LogP contribution in [0.5, 0.6) is 0 Å². The normalized spacial score (nSPS) is 14.2. The Labute approximate surface area is 179 Å². The van der Waals surface area contributed by atoms with Gasteiger partial charge in [-0.25, -0.2) is 4.39 Å². The molecule has 30 heavy (non-hydrogen) atoms. The quantitative estimate of drug-likeness (QED) is 0.708. The molecule has 2 N–H and O–H groups in total. The highest BCUT2D eigenvalue weighted by atomic mass is 32.1. The molecular formula is C22H26FN3O3S. The molecule has 0 saturated heterocycles. The van der Waals surface area contributed by atoms with Gasteiger partial charge in [-0.2, -0.15) is 0 Å². The van der Waals surface area contributed by atoms with Crippen LogP contribution in [0, 0.1) is 11.7 Å². The number of rotatable bonds is 7. The Morgan fingerprint density at radius 2 is 1.90 bits per heavy atom. The van der Waals surface area contributed by atoms with Crippen LogP contribution in [-0.2, 0) is 22.6 Å². The van der Waals surface area contributed by atoms with Crippen LogP contribution in [0.15, 0.2) is 35.7 Å². The lowest BCUT2D eigenvalue weighted by molar-refractivity contribution is -0.132. The molecule has 0 spiro atoms. The molecule has 0 aliphatic carbocycles. The SMILES string of the molecule is CC(C)C(NC(=O)c1ccc(F)cc1)C(=O)NCCC(=O)N1CCc2sccc2C1. The van der Waals surface area contributed by atoms with Crippen molar-refractivity contribution in [2.45, 2.75) is 39.3 Å². The first-order valence-electron chi connectivity index (χ1n) is 10.0. The number of halogens is 1. The van der Waals surface area contributed by atoms with Crippen molar-refractivity contribution in [3.8, 4) is 0 Å². The fourth-order valence-electron chi connectivity index (χ4n) is 3.38. The lowest BCUT2D eigenvalue weighted by atomic mass is 10.0. The van der Waals surface area contributed by atoms with Gasteiger partial charge in [0.2, 0.25) is 11.8 Å². The summed E-state index contributed by atoms with van der Waals surface area (Å²) >= 11 is 1.72. The monoisotopic (exact) mass is 431 g/mol.